The zero-order chi connectivity index (χ0) is 8.97. The third kappa shape index (κ3) is 2.42. The van der Waals surface area contributed by atoms with Gasteiger partial charge in [0.2, 0.25) is 0 Å². The van der Waals surface area contributed by atoms with E-state index in [0.29, 0.717) is 6.04 Å². The van der Waals surface area contributed by atoms with Crippen molar-refractivity contribution in [1.82, 2.24) is 4.98 Å². The second-order valence-electron chi connectivity index (χ2n) is 2.98. The molecule has 3 heteroatoms. The summed E-state index contributed by atoms with van der Waals surface area (Å²) in [6, 6.07) is 4.34. The van der Waals surface area contributed by atoms with E-state index >= 15 is 0 Å². The van der Waals surface area contributed by atoms with E-state index in [1.165, 1.54) is 0 Å². The molecule has 12 heavy (non-hydrogen) atoms. The third-order valence-corrected chi connectivity index (χ3v) is 1.49. The molecule has 0 aliphatic carbocycles. The minimum absolute atomic E-state index is 0.421. The van der Waals surface area contributed by atoms with Crippen molar-refractivity contribution in [2.24, 2.45) is 0 Å². The average Bonchev–Trinajstić information content (AvgIpc) is 2.03. The summed E-state index contributed by atoms with van der Waals surface area (Å²) in [5.74, 6) is 0.914. The van der Waals surface area contributed by atoms with Gasteiger partial charge in [0, 0.05) is 31.0 Å². The molecule has 0 spiro atoms. The molecule has 1 rings (SSSR count). The first kappa shape index (κ1) is 8.84. The van der Waals surface area contributed by atoms with E-state index in [-0.39, 0.29) is 0 Å². The standard InChI is InChI=1S/C9H15N3/c1-7(2)12-9-6-8(10-3)4-5-11-9/h4-7H,1-3H3,(H2,10,11,12). The van der Waals surface area contributed by atoms with Crippen LogP contribution in [-0.4, -0.2) is 18.1 Å². The van der Waals surface area contributed by atoms with Gasteiger partial charge in [-0.2, -0.15) is 0 Å². The van der Waals surface area contributed by atoms with Crippen molar-refractivity contribution in [3.05, 3.63) is 18.3 Å². The van der Waals surface area contributed by atoms with Gasteiger partial charge in [0.25, 0.3) is 0 Å². The van der Waals surface area contributed by atoms with Crippen LogP contribution in [-0.2, 0) is 0 Å². The number of nitrogens with zero attached hydrogens (tertiary/aromatic N) is 1. The molecule has 0 fully saturated rings. The van der Waals surface area contributed by atoms with Crippen LogP contribution in [0.5, 0.6) is 0 Å². The maximum atomic E-state index is 4.18. The van der Waals surface area contributed by atoms with Crippen LogP contribution >= 0.6 is 0 Å². The number of hydrogen-bond acceptors (Lipinski definition) is 3. The van der Waals surface area contributed by atoms with Gasteiger partial charge in [0.15, 0.2) is 0 Å². The van der Waals surface area contributed by atoms with Crippen molar-refractivity contribution in [3.8, 4) is 0 Å². The minimum atomic E-state index is 0.421. The quantitative estimate of drug-likeness (QED) is 0.718. The molecule has 66 valence electrons. The first-order valence-electron chi connectivity index (χ1n) is 4.12. The average molecular weight is 165 g/mol. The summed E-state index contributed by atoms with van der Waals surface area (Å²) in [5, 5.41) is 6.29. The summed E-state index contributed by atoms with van der Waals surface area (Å²) in [4.78, 5) is 4.18. The Morgan fingerprint density at radius 2 is 2.17 bits per heavy atom. The van der Waals surface area contributed by atoms with Gasteiger partial charge in [0.1, 0.15) is 5.82 Å². The number of nitrogens with one attached hydrogen (secondary N) is 2. The molecule has 1 aromatic rings. The Morgan fingerprint density at radius 1 is 1.42 bits per heavy atom. The number of anilines is 2. The molecule has 1 aromatic heterocycles. The SMILES string of the molecule is CNc1ccnc(NC(C)C)c1. The minimum Gasteiger partial charge on any atom is -0.388 e. The molecule has 0 radical (unpaired) electrons. The van der Waals surface area contributed by atoms with E-state index in [2.05, 4.69) is 29.5 Å². The van der Waals surface area contributed by atoms with E-state index in [1.54, 1.807) is 6.20 Å². The summed E-state index contributed by atoms with van der Waals surface area (Å²) in [5.41, 5.74) is 1.08. The largest absolute Gasteiger partial charge is 0.388 e. The van der Waals surface area contributed by atoms with Crippen LogP contribution in [0.1, 0.15) is 13.8 Å². The number of rotatable bonds is 3. The lowest BCUT2D eigenvalue weighted by molar-refractivity contribution is 0.889. The highest BCUT2D eigenvalue weighted by Crippen LogP contribution is 2.11. The Labute approximate surface area is 73.2 Å². The fraction of sp³-hybridized carbons (Fsp3) is 0.444. The lowest BCUT2D eigenvalue weighted by Crippen LogP contribution is -2.10. The molecule has 3 nitrogen and oxygen atoms in total. The predicted octanol–water partition coefficient (Wildman–Crippen LogP) is 1.94. The van der Waals surface area contributed by atoms with Crippen LogP contribution in [0.15, 0.2) is 18.3 Å². The van der Waals surface area contributed by atoms with Crippen LogP contribution in [0, 0.1) is 0 Å². The van der Waals surface area contributed by atoms with Crippen LogP contribution in [0.2, 0.25) is 0 Å². The Bertz CT molecular complexity index is 245. The smallest absolute Gasteiger partial charge is 0.128 e. The molecule has 2 N–H and O–H groups in total. The Hall–Kier alpha value is -1.25. The summed E-state index contributed by atoms with van der Waals surface area (Å²) < 4.78 is 0. The van der Waals surface area contributed by atoms with Gasteiger partial charge in [-0.3, -0.25) is 0 Å². The Morgan fingerprint density at radius 3 is 2.75 bits per heavy atom. The summed E-state index contributed by atoms with van der Waals surface area (Å²) in [6.07, 6.45) is 1.79. The number of pyridine rings is 1. The molecule has 0 unspecified atom stereocenters. The highest BCUT2D eigenvalue weighted by atomic mass is 15.0. The van der Waals surface area contributed by atoms with Crippen LogP contribution in [0.3, 0.4) is 0 Å². The fourth-order valence-corrected chi connectivity index (χ4v) is 0.961. The zero-order valence-corrected chi connectivity index (χ0v) is 7.76. The highest BCUT2D eigenvalue weighted by Gasteiger charge is 1.96. The monoisotopic (exact) mass is 165 g/mol. The molecule has 0 atom stereocenters. The molecular formula is C9H15N3. The highest BCUT2D eigenvalue weighted by molar-refractivity contribution is 5.51. The van der Waals surface area contributed by atoms with Gasteiger partial charge in [-0.15, -0.1) is 0 Å². The van der Waals surface area contributed by atoms with E-state index in [9.17, 15) is 0 Å². The first-order valence-corrected chi connectivity index (χ1v) is 4.12. The lowest BCUT2D eigenvalue weighted by Gasteiger charge is -2.09. The van der Waals surface area contributed by atoms with E-state index in [0.717, 1.165) is 11.5 Å². The molecule has 0 aromatic carbocycles. The van der Waals surface area contributed by atoms with Gasteiger partial charge in [-0.25, -0.2) is 4.98 Å². The molecule has 0 amide bonds. The summed E-state index contributed by atoms with van der Waals surface area (Å²) in [7, 11) is 1.90. The van der Waals surface area contributed by atoms with Crippen molar-refractivity contribution in [2.45, 2.75) is 19.9 Å². The normalized spacial score (nSPS) is 10.0. The lowest BCUT2D eigenvalue weighted by atomic mass is 10.3. The topological polar surface area (TPSA) is 37.0 Å². The van der Waals surface area contributed by atoms with Crippen molar-refractivity contribution in [2.75, 3.05) is 17.7 Å². The Kier molecular flexibility index (Phi) is 2.91. The van der Waals surface area contributed by atoms with Gasteiger partial charge < -0.3 is 10.6 Å². The van der Waals surface area contributed by atoms with Crippen molar-refractivity contribution in [3.63, 3.8) is 0 Å². The number of hydrogen-bond donors (Lipinski definition) is 2. The summed E-state index contributed by atoms with van der Waals surface area (Å²) >= 11 is 0. The van der Waals surface area contributed by atoms with Gasteiger partial charge in [0.05, 0.1) is 0 Å². The first-order chi connectivity index (χ1) is 5.72. The van der Waals surface area contributed by atoms with E-state index in [1.807, 2.05) is 19.2 Å². The molecular weight excluding hydrogens is 150 g/mol. The van der Waals surface area contributed by atoms with Crippen molar-refractivity contribution in [1.29, 1.82) is 0 Å². The molecule has 1 heterocycles. The molecule has 0 bridgehead atoms. The molecule has 0 saturated carbocycles. The molecule has 0 aliphatic heterocycles. The molecule has 0 saturated heterocycles. The van der Waals surface area contributed by atoms with Crippen LogP contribution in [0.4, 0.5) is 11.5 Å². The second kappa shape index (κ2) is 3.95. The maximum Gasteiger partial charge on any atom is 0.128 e. The van der Waals surface area contributed by atoms with E-state index in [4.69, 9.17) is 0 Å². The number of aromatic nitrogens is 1. The Balaban J connectivity index is 2.72. The van der Waals surface area contributed by atoms with Gasteiger partial charge in [-0.05, 0) is 19.9 Å². The van der Waals surface area contributed by atoms with Gasteiger partial charge >= 0.3 is 0 Å². The predicted molar refractivity (Wildman–Crippen MR) is 52.5 cm³/mol. The zero-order valence-electron chi connectivity index (χ0n) is 7.76. The van der Waals surface area contributed by atoms with Gasteiger partial charge in [-0.1, -0.05) is 0 Å². The third-order valence-electron chi connectivity index (χ3n) is 1.49. The summed E-state index contributed by atoms with van der Waals surface area (Å²) in [6.45, 7) is 4.18. The van der Waals surface area contributed by atoms with Crippen molar-refractivity contribution >= 4 is 11.5 Å². The van der Waals surface area contributed by atoms with Crippen molar-refractivity contribution < 1.29 is 0 Å². The molecule has 0 aliphatic rings. The fourth-order valence-electron chi connectivity index (χ4n) is 0.961. The maximum absolute atomic E-state index is 4.18. The van der Waals surface area contributed by atoms with Crippen LogP contribution < -0.4 is 10.6 Å². The van der Waals surface area contributed by atoms with Crippen LogP contribution in [0.25, 0.3) is 0 Å². The van der Waals surface area contributed by atoms with E-state index < -0.39 is 0 Å². The second-order valence-corrected chi connectivity index (χ2v) is 2.98.